The second-order valence-corrected chi connectivity index (χ2v) is 24.2. The van der Waals surface area contributed by atoms with E-state index in [1.165, 1.54) is 161 Å². The summed E-state index contributed by atoms with van der Waals surface area (Å²) >= 11 is 0. The summed E-state index contributed by atoms with van der Waals surface area (Å²) < 4.78 is 34.6. The highest BCUT2D eigenvalue weighted by Gasteiger charge is 2.27. The number of allylic oxidation sites excluding steroid dienone is 16. The summed E-state index contributed by atoms with van der Waals surface area (Å²) in [6, 6.07) is 0. The molecule has 0 bridgehead atoms. The highest BCUT2D eigenvalue weighted by atomic mass is 31.2. The van der Waals surface area contributed by atoms with Gasteiger partial charge in [-0.1, -0.05) is 284 Å². The van der Waals surface area contributed by atoms with Crippen LogP contribution >= 0.6 is 7.82 Å². The first-order valence-corrected chi connectivity index (χ1v) is 34.0. The van der Waals surface area contributed by atoms with Gasteiger partial charge in [-0.05, 0) is 77.0 Å². The molecular weight excluding hydrogens is 1000 g/mol. The molecule has 456 valence electrons. The predicted octanol–water partition coefficient (Wildman–Crippen LogP) is 20.8. The van der Waals surface area contributed by atoms with E-state index in [-0.39, 0.29) is 25.6 Å². The summed E-state index contributed by atoms with van der Waals surface area (Å²) in [6.07, 6.45) is 82.2. The monoisotopic (exact) mass is 1120 g/mol. The molecule has 0 aliphatic rings. The van der Waals surface area contributed by atoms with E-state index in [1.807, 2.05) is 21.1 Å². The molecule has 79 heavy (non-hydrogen) atoms. The molecule has 0 saturated heterocycles. The predicted molar refractivity (Wildman–Crippen MR) is 339 cm³/mol. The van der Waals surface area contributed by atoms with E-state index in [1.54, 1.807) is 0 Å². The van der Waals surface area contributed by atoms with Crippen molar-refractivity contribution in [2.45, 2.75) is 283 Å². The van der Waals surface area contributed by atoms with Gasteiger partial charge in [-0.15, -0.1) is 0 Å². The van der Waals surface area contributed by atoms with Gasteiger partial charge in [-0.2, -0.15) is 0 Å². The Labute approximate surface area is 487 Å². The van der Waals surface area contributed by atoms with Gasteiger partial charge in [0.05, 0.1) is 27.7 Å². The molecule has 0 saturated carbocycles. The minimum Gasteiger partial charge on any atom is -0.462 e. The van der Waals surface area contributed by atoms with Crippen LogP contribution in [0.5, 0.6) is 0 Å². The zero-order chi connectivity index (χ0) is 57.7. The maximum atomic E-state index is 12.8. The summed E-state index contributed by atoms with van der Waals surface area (Å²) in [5, 5.41) is 0. The average Bonchev–Trinajstić information content (AvgIpc) is 3.41. The lowest BCUT2D eigenvalue weighted by atomic mass is 10.0. The fraction of sp³-hybridized carbons (Fsp3) is 0.739. The number of hydrogen-bond acceptors (Lipinski definition) is 7. The Bertz CT molecular complexity index is 1650. The van der Waals surface area contributed by atoms with Gasteiger partial charge in [0.2, 0.25) is 0 Å². The highest BCUT2D eigenvalue weighted by molar-refractivity contribution is 7.47. The Morgan fingerprint density at radius 1 is 0.405 bits per heavy atom. The first-order chi connectivity index (χ1) is 38.5. The first-order valence-electron chi connectivity index (χ1n) is 32.5. The van der Waals surface area contributed by atoms with Crippen LogP contribution in [0.25, 0.3) is 0 Å². The number of phosphoric acid groups is 1. The van der Waals surface area contributed by atoms with Gasteiger partial charge >= 0.3 is 19.8 Å². The average molecular weight is 1130 g/mol. The standard InChI is InChI=1S/C69H122NO8P/c1-6-8-10-12-14-16-18-20-22-23-24-25-26-27-28-29-30-31-32-33-34-35-36-37-38-39-40-41-42-43-44-45-46-47-48-50-52-54-56-58-60-62-69(72)78-67(66-77-79(73,74)76-64-63-70(3,4)5)65-75-68(71)61-59-57-55-53-51-49-21-19-17-15-13-11-9-7-2/h8,10,14,16,20,22,24-25,27-28,30-31,33-34,36-37,67H,6-7,9,11-13,15,17-19,21,23,26,29,32,35,38-66H2,1-5H3/p+1/b10-8-,16-14-,22-20-,25-24-,28-27-,31-30-,34-33-,37-36-. The van der Waals surface area contributed by atoms with Crippen LogP contribution in [-0.4, -0.2) is 74.9 Å². The minimum absolute atomic E-state index is 0.0313. The van der Waals surface area contributed by atoms with Crippen molar-refractivity contribution >= 4 is 19.8 Å². The molecule has 0 aliphatic carbocycles. The Balaban J connectivity index is 3.97. The van der Waals surface area contributed by atoms with E-state index in [4.69, 9.17) is 18.5 Å². The molecule has 2 unspecified atom stereocenters. The number of carbonyl (C=O) groups is 2. The molecule has 0 amide bonds. The third-order valence-electron chi connectivity index (χ3n) is 13.9. The molecule has 0 rings (SSSR count). The van der Waals surface area contributed by atoms with Crippen LogP contribution in [-0.2, 0) is 32.7 Å². The number of carbonyl (C=O) groups excluding carboxylic acids is 2. The van der Waals surface area contributed by atoms with Crippen LogP contribution in [0.1, 0.15) is 277 Å². The van der Waals surface area contributed by atoms with Crippen LogP contribution in [0.4, 0.5) is 0 Å². The number of nitrogens with zero attached hydrogens (tertiary/aromatic N) is 1. The fourth-order valence-electron chi connectivity index (χ4n) is 8.92. The third-order valence-corrected chi connectivity index (χ3v) is 14.9. The summed E-state index contributed by atoms with van der Waals surface area (Å²) in [5.41, 5.74) is 0. The van der Waals surface area contributed by atoms with Gasteiger partial charge in [0, 0.05) is 12.8 Å². The number of rotatable bonds is 59. The van der Waals surface area contributed by atoms with Crippen molar-refractivity contribution in [1.82, 2.24) is 0 Å². The Hall–Kier alpha value is -3.07. The van der Waals surface area contributed by atoms with Crippen molar-refractivity contribution in [2.24, 2.45) is 0 Å². The molecule has 10 heteroatoms. The molecule has 0 aromatic rings. The summed E-state index contributed by atoms with van der Waals surface area (Å²) in [6.45, 7) is 4.34. The maximum absolute atomic E-state index is 12.8. The molecule has 0 aliphatic heterocycles. The Kier molecular flexibility index (Phi) is 57.2. The lowest BCUT2D eigenvalue weighted by molar-refractivity contribution is -0.870. The van der Waals surface area contributed by atoms with E-state index in [9.17, 15) is 19.0 Å². The molecule has 1 N–H and O–H groups in total. The van der Waals surface area contributed by atoms with E-state index >= 15 is 0 Å². The van der Waals surface area contributed by atoms with E-state index in [0.717, 1.165) is 83.5 Å². The van der Waals surface area contributed by atoms with Crippen LogP contribution in [0.2, 0.25) is 0 Å². The van der Waals surface area contributed by atoms with Gasteiger partial charge in [-0.3, -0.25) is 18.6 Å². The van der Waals surface area contributed by atoms with Gasteiger partial charge in [0.15, 0.2) is 6.10 Å². The van der Waals surface area contributed by atoms with Crippen molar-refractivity contribution in [1.29, 1.82) is 0 Å². The molecule has 2 atom stereocenters. The molecule has 0 aromatic heterocycles. The van der Waals surface area contributed by atoms with Gasteiger partial charge in [0.1, 0.15) is 19.8 Å². The molecule has 0 aromatic carbocycles. The molecule has 0 heterocycles. The van der Waals surface area contributed by atoms with Crippen molar-refractivity contribution in [3.8, 4) is 0 Å². The number of unbranched alkanes of at least 4 members (excludes halogenated alkanes) is 29. The molecule has 0 radical (unpaired) electrons. The second kappa shape index (κ2) is 59.5. The van der Waals surface area contributed by atoms with Crippen LogP contribution in [0.15, 0.2) is 97.2 Å². The Morgan fingerprint density at radius 3 is 1.08 bits per heavy atom. The van der Waals surface area contributed by atoms with E-state index in [0.29, 0.717) is 23.9 Å². The van der Waals surface area contributed by atoms with Crippen molar-refractivity contribution in [2.75, 3.05) is 47.5 Å². The SMILES string of the molecule is CC/C=C\C/C=C\C/C=C\C/C=C\C/C=C\C/C=C\C/C=C\C/C=C\CCCCCCCCCCCCCCCCCCC(=O)OC(COC(=O)CCCCCCCCCCCCCCCC)COP(=O)(O)OCC[N+](C)(C)C. The number of likely N-dealkylation sites (N-methyl/N-ethyl adjacent to an activating group) is 1. The summed E-state index contributed by atoms with van der Waals surface area (Å²) in [4.78, 5) is 35.7. The summed E-state index contributed by atoms with van der Waals surface area (Å²) in [7, 11) is 1.48. The molecule has 9 nitrogen and oxygen atoms in total. The lowest BCUT2D eigenvalue weighted by Crippen LogP contribution is -2.37. The maximum Gasteiger partial charge on any atom is 0.472 e. The first kappa shape index (κ1) is 75.9. The topological polar surface area (TPSA) is 108 Å². The van der Waals surface area contributed by atoms with Crippen LogP contribution in [0, 0.1) is 0 Å². The number of ether oxygens (including phenoxy) is 2. The zero-order valence-electron chi connectivity index (χ0n) is 51.8. The van der Waals surface area contributed by atoms with Crippen LogP contribution in [0.3, 0.4) is 0 Å². The van der Waals surface area contributed by atoms with Crippen molar-refractivity contribution in [3.05, 3.63) is 97.2 Å². The fourth-order valence-corrected chi connectivity index (χ4v) is 9.66. The largest absolute Gasteiger partial charge is 0.472 e. The van der Waals surface area contributed by atoms with E-state index in [2.05, 4.69) is 111 Å². The number of hydrogen-bond donors (Lipinski definition) is 1. The number of quaternary nitrogens is 1. The van der Waals surface area contributed by atoms with Crippen molar-refractivity contribution in [3.63, 3.8) is 0 Å². The quantitative estimate of drug-likeness (QED) is 0.0211. The van der Waals surface area contributed by atoms with Gasteiger partial charge in [0.25, 0.3) is 0 Å². The highest BCUT2D eigenvalue weighted by Crippen LogP contribution is 2.43. The molecule has 0 fully saturated rings. The smallest absolute Gasteiger partial charge is 0.462 e. The van der Waals surface area contributed by atoms with Crippen LogP contribution < -0.4 is 0 Å². The summed E-state index contributed by atoms with van der Waals surface area (Å²) in [5.74, 6) is -0.789. The normalized spacial score (nSPS) is 13.8. The lowest BCUT2D eigenvalue weighted by Gasteiger charge is -2.24. The third kappa shape index (κ3) is 64.0. The van der Waals surface area contributed by atoms with Crippen molar-refractivity contribution < 1.29 is 42.1 Å². The Morgan fingerprint density at radius 2 is 0.722 bits per heavy atom. The van der Waals surface area contributed by atoms with Gasteiger partial charge in [-0.25, -0.2) is 4.57 Å². The zero-order valence-corrected chi connectivity index (χ0v) is 52.7. The van der Waals surface area contributed by atoms with Gasteiger partial charge < -0.3 is 18.9 Å². The number of phosphoric ester groups is 1. The molecular formula is C69H123NO8P+. The minimum atomic E-state index is -4.39. The second-order valence-electron chi connectivity index (χ2n) is 22.8. The number of esters is 2. The van der Waals surface area contributed by atoms with E-state index < -0.39 is 26.5 Å². The molecule has 0 spiro atoms.